The topological polar surface area (TPSA) is 0 Å². The van der Waals surface area contributed by atoms with Crippen molar-refractivity contribution in [1.29, 1.82) is 0 Å². The molecule has 0 radical (unpaired) electrons. The molecule has 0 saturated heterocycles. The highest BCUT2D eigenvalue weighted by Crippen LogP contribution is 2.58. The molecule has 0 aliphatic heterocycles. The van der Waals surface area contributed by atoms with Crippen LogP contribution in [0.2, 0.25) is 0 Å². The Hall–Kier alpha value is -1.04. The van der Waals surface area contributed by atoms with E-state index in [4.69, 9.17) is 0 Å². The maximum atomic E-state index is 2.48. The lowest BCUT2D eigenvalue weighted by molar-refractivity contribution is 0.0135. The number of allylic oxidation sites excluding steroid dienone is 8. The molecule has 0 atom stereocenters. The van der Waals surface area contributed by atoms with Gasteiger partial charge in [0.05, 0.1) is 0 Å². The number of hydrogen-bond acceptors (Lipinski definition) is 0. The SMILES string of the molecule is CC(C)C1(C(C)C)C=CC1.CC(C)C1(C(C)C)C=CCC1.CC(C)C1(C(C)C)C=CCCC1.CC(C)C1(C(C)C)CC1.CC(C)C1(C(C)C)CC=CCC1.CC(C)C1(C(C)C)CCC1.CC(C)C1(C(C)C)CCCC1.CC(C)C1(C(C)C)CCCCC1. The van der Waals surface area contributed by atoms with E-state index in [0.29, 0.717) is 32.5 Å². The molecule has 0 amide bonds. The van der Waals surface area contributed by atoms with E-state index in [-0.39, 0.29) is 0 Å². The van der Waals surface area contributed by atoms with Gasteiger partial charge in [-0.3, -0.25) is 0 Å². The van der Waals surface area contributed by atoms with E-state index in [1.165, 1.54) is 148 Å². The highest BCUT2D eigenvalue weighted by molar-refractivity contribution is 5.15. The van der Waals surface area contributed by atoms with E-state index in [2.05, 4.69) is 270 Å². The summed E-state index contributed by atoms with van der Waals surface area (Å²) in [6, 6.07) is 0. The van der Waals surface area contributed by atoms with Crippen LogP contribution in [-0.4, -0.2) is 0 Å². The third kappa shape index (κ3) is 21.8. The largest absolute Gasteiger partial charge is 0.0885 e. The normalized spacial score (nSPS) is 22.7. The molecule has 0 aromatic rings. The van der Waals surface area contributed by atoms with Crippen molar-refractivity contribution in [1.82, 2.24) is 0 Å². The van der Waals surface area contributed by atoms with Crippen molar-refractivity contribution in [3.63, 3.8) is 0 Å². The van der Waals surface area contributed by atoms with Crippen LogP contribution in [0.3, 0.4) is 0 Å². The Bertz CT molecular complexity index is 1820. The number of rotatable bonds is 16. The highest BCUT2D eigenvalue weighted by Gasteiger charge is 2.48. The Labute approximate surface area is 552 Å². The summed E-state index contributed by atoms with van der Waals surface area (Å²) >= 11 is 0. The van der Waals surface area contributed by atoms with E-state index in [1.54, 1.807) is 0 Å². The molecular formula is C87H166. The fraction of sp³-hybridized carbons (Fsp3) is 0.908. The summed E-state index contributed by atoms with van der Waals surface area (Å²) in [5.74, 6) is 13.5. The first-order chi connectivity index (χ1) is 40.3. The fourth-order valence-electron chi connectivity index (χ4n) is 19.7. The zero-order chi connectivity index (χ0) is 67.2. The Balaban J connectivity index is 0.000000498. The smallest absolute Gasteiger partial charge is 0.00378 e. The first-order valence-electron chi connectivity index (χ1n) is 38.9. The van der Waals surface area contributed by atoms with Gasteiger partial charge in [0.2, 0.25) is 0 Å². The van der Waals surface area contributed by atoms with E-state index < -0.39 is 0 Å². The lowest BCUT2D eigenvalue weighted by Crippen LogP contribution is -2.39. The molecule has 0 heteroatoms. The fourth-order valence-corrected chi connectivity index (χ4v) is 19.7. The molecule has 8 rings (SSSR count). The molecule has 0 aromatic carbocycles. The maximum absolute atomic E-state index is 2.48. The molecule has 87 heavy (non-hydrogen) atoms. The van der Waals surface area contributed by atoms with Crippen LogP contribution in [0.15, 0.2) is 48.6 Å². The predicted molar refractivity (Wildman–Crippen MR) is 400 cm³/mol. The first kappa shape index (κ1) is 84.0. The van der Waals surface area contributed by atoms with Crippen LogP contribution >= 0.6 is 0 Å². The zero-order valence-corrected chi connectivity index (χ0v) is 66.1. The van der Waals surface area contributed by atoms with Crippen LogP contribution in [0.5, 0.6) is 0 Å². The van der Waals surface area contributed by atoms with E-state index >= 15 is 0 Å². The summed E-state index contributed by atoms with van der Waals surface area (Å²) in [6.45, 7) is 75.7. The Morgan fingerprint density at radius 3 is 0.575 bits per heavy atom. The monoisotopic (exact) mass is 1210 g/mol. The average molecular weight is 1210 g/mol. The van der Waals surface area contributed by atoms with Crippen LogP contribution in [0.25, 0.3) is 0 Å². The minimum Gasteiger partial charge on any atom is -0.0885 e. The second-order valence-corrected chi connectivity index (χ2v) is 36.2. The molecule has 4 saturated carbocycles. The van der Waals surface area contributed by atoms with Gasteiger partial charge < -0.3 is 0 Å². The molecule has 0 aromatic heterocycles. The van der Waals surface area contributed by atoms with Gasteiger partial charge in [-0.2, -0.15) is 0 Å². The van der Waals surface area contributed by atoms with Crippen molar-refractivity contribution in [2.75, 3.05) is 0 Å². The molecule has 0 nitrogen and oxygen atoms in total. The molecule has 8 aliphatic rings. The van der Waals surface area contributed by atoms with Gasteiger partial charge in [-0.05, 0) is 247 Å². The van der Waals surface area contributed by atoms with E-state index in [0.717, 1.165) is 106 Å². The molecule has 0 spiro atoms. The second-order valence-electron chi connectivity index (χ2n) is 36.2. The summed E-state index contributed by atoms with van der Waals surface area (Å²) < 4.78 is 0. The summed E-state index contributed by atoms with van der Waals surface area (Å²) in [5, 5.41) is 0. The Morgan fingerprint density at radius 1 is 0.172 bits per heavy atom. The van der Waals surface area contributed by atoms with Crippen LogP contribution < -0.4 is 0 Å². The van der Waals surface area contributed by atoms with Gasteiger partial charge in [0, 0.05) is 0 Å². The summed E-state index contributed by atoms with van der Waals surface area (Å²) in [4.78, 5) is 0. The lowest BCUT2D eigenvalue weighted by atomic mass is 9.56. The standard InChI is InChI=1S/C12H24.2C12H22.C11H22.C11H20.C10H20.C10H18.C9H18/c3*1-10(2)12(11(3)4)8-6-5-7-9-12;2*1-9(2)11(10(3)4)7-5-6-8-11;2*1-8(2)10(9(3)4)6-5-7-10;1-7(2)9(5-6-9)8(3)4/h10-11H,5-9H2,1-4H3;6,8,10-11H,5,7,9H2,1-4H3;5-6,10-11H,7-9H2,1-4H3;9-10H,5-8H2,1-4H3;5,7,9-10H,6,8H2,1-4H3;8-9H,5-7H2,1-4H3;5-6,8-9H,7H2,1-4H3;7-8H,5-6H2,1-4H3. The summed E-state index contributed by atoms with van der Waals surface area (Å²) in [7, 11) is 0. The quantitative estimate of drug-likeness (QED) is 0.135. The predicted octanol–water partition coefficient (Wildman–Crippen LogP) is 29.6. The van der Waals surface area contributed by atoms with E-state index in [9.17, 15) is 0 Å². The van der Waals surface area contributed by atoms with Crippen LogP contribution in [0.4, 0.5) is 0 Å². The molecule has 4 fully saturated rings. The third-order valence-corrected chi connectivity index (χ3v) is 28.3. The maximum Gasteiger partial charge on any atom is -0.00378 e. The van der Waals surface area contributed by atoms with Crippen molar-refractivity contribution in [2.24, 2.45) is 138 Å². The minimum atomic E-state index is 0.498. The van der Waals surface area contributed by atoms with Gasteiger partial charge in [-0.1, -0.05) is 309 Å². The van der Waals surface area contributed by atoms with E-state index in [1.807, 2.05) is 0 Å². The zero-order valence-electron chi connectivity index (χ0n) is 66.1. The van der Waals surface area contributed by atoms with Crippen LogP contribution in [-0.2, 0) is 0 Å². The molecule has 0 N–H and O–H groups in total. The van der Waals surface area contributed by atoms with Gasteiger partial charge in [0.15, 0.2) is 0 Å². The van der Waals surface area contributed by atoms with Gasteiger partial charge in [0.25, 0.3) is 0 Å². The molecule has 0 unspecified atom stereocenters. The molecule has 0 heterocycles. The van der Waals surface area contributed by atoms with Crippen molar-refractivity contribution in [3.05, 3.63) is 48.6 Å². The van der Waals surface area contributed by atoms with Crippen molar-refractivity contribution in [3.8, 4) is 0 Å². The molecule has 8 aliphatic carbocycles. The third-order valence-electron chi connectivity index (χ3n) is 28.3. The Kier molecular flexibility index (Phi) is 36.4. The number of hydrogen-bond donors (Lipinski definition) is 0. The molecule has 514 valence electrons. The lowest BCUT2D eigenvalue weighted by Gasteiger charge is -2.49. The van der Waals surface area contributed by atoms with Crippen molar-refractivity contribution in [2.45, 2.75) is 369 Å². The van der Waals surface area contributed by atoms with Gasteiger partial charge in [-0.15, -0.1) is 0 Å². The van der Waals surface area contributed by atoms with Crippen LogP contribution in [0, 0.1) is 138 Å². The summed E-state index contributed by atoms with van der Waals surface area (Å²) in [6.07, 6.45) is 51.6. The first-order valence-corrected chi connectivity index (χ1v) is 38.9. The summed E-state index contributed by atoms with van der Waals surface area (Å²) in [5.41, 5.74) is 4.99. The van der Waals surface area contributed by atoms with Crippen molar-refractivity contribution < 1.29 is 0 Å². The second kappa shape index (κ2) is 37.7. The van der Waals surface area contributed by atoms with Gasteiger partial charge >= 0.3 is 0 Å². The van der Waals surface area contributed by atoms with Gasteiger partial charge in [0.1, 0.15) is 0 Å². The van der Waals surface area contributed by atoms with Crippen molar-refractivity contribution >= 4 is 0 Å². The molecule has 0 bridgehead atoms. The molecular weight excluding hydrogens is 1040 g/mol. The Morgan fingerprint density at radius 2 is 0.437 bits per heavy atom. The minimum absolute atomic E-state index is 0.498. The highest BCUT2D eigenvalue weighted by atomic mass is 14.5. The van der Waals surface area contributed by atoms with Crippen LogP contribution in [0.1, 0.15) is 369 Å². The van der Waals surface area contributed by atoms with Gasteiger partial charge in [-0.25, -0.2) is 0 Å². The average Bonchev–Trinajstić information content (AvgIpc) is 3.79.